The summed E-state index contributed by atoms with van der Waals surface area (Å²) in [5.41, 5.74) is 2.48. The molecule has 1 saturated heterocycles. The maximum Gasteiger partial charge on any atom is 0.193 e. The van der Waals surface area contributed by atoms with E-state index in [1.54, 1.807) is 11.3 Å². The molecule has 6 heteroatoms. The topological polar surface area (TPSA) is 38.4 Å². The highest BCUT2D eigenvalue weighted by atomic mass is 32.1. The van der Waals surface area contributed by atoms with Crippen LogP contribution in [0.3, 0.4) is 0 Å². The lowest BCUT2D eigenvalue weighted by Crippen LogP contribution is -2.22. The van der Waals surface area contributed by atoms with Gasteiger partial charge in [-0.1, -0.05) is 0 Å². The van der Waals surface area contributed by atoms with E-state index in [2.05, 4.69) is 43.4 Å². The van der Waals surface area contributed by atoms with Gasteiger partial charge in [-0.15, -0.1) is 11.3 Å². The van der Waals surface area contributed by atoms with Crippen LogP contribution in [0.25, 0.3) is 4.96 Å². The van der Waals surface area contributed by atoms with Gasteiger partial charge in [0.2, 0.25) is 0 Å². The van der Waals surface area contributed by atoms with Crippen LogP contribution in [0, 0.1) is 0 Å². The average Bonchev–Trinajstić information content (AvgIpc) is 3.12. The van der Waals surface area contributed by atoms with Crippen LogP contribution in [0.2, 0.25) is 0 Å². The fraction of sp³-hybridized carbons (Fsp3) is 0.429. The Morgan fingerprint density at radius 1 is 1.40 bits per heavy atom. The van der Waals surface area contributed by atoms with Crippen molar-refractivity contribution in [3.63, 3.8) is 0 Å². The predicted octanol–water partition coefficient (Wildman–Crippen LogP) is 2.47. The van der Waals surface area contributed by atoms with Gasteiger partial charge in [0.25, 0.3) is 0 Å². The summed E-state index contributed by atoms with van der Waals surface area (Å²) in [6, 6.07) is 0.489. The first-order valence-corrected chi connectivity index (χ1v) is 7.81. The molecule has 0 amide bonds. The minimum absolute atomic E-state index is 0.489. The van der Waals surface area contributed by atoms with E-state index >= 15 is 0 Å². The molecule has 0 radical (unpaired) electrons. The fourth-order valence-electron chi connectivity index (χ4n) is 3.07. The molecule has 1 atom stereocenters. The highest BCUT2D eigenvalue weighted by molar-refractivity contribution is 7.15. The Labute approximate surface area is 121 Å². The summed E-state index contributed by atoms with van der Waals surface area (Å²) >= 11 is 1.69. The first kappa shape index (κ1) is 12.1. The Kier molecular flexibility index (Phi) is 2.85. The number of hydrogen-bond donors (Lipinski definition) is 0. The van der Waals surface area contributed by atoms with Gasteiger partial charge in [-0.25, -0.2) is 4.98 Å². The summed E-state index contributed by atoms with van der Waals surface area (Å²) in [7, 11) is 1.98. The molecule has 4 rings (SSSR count). The quantitative estimate of drug-likeness (QED) is 0.743. The summed E-state index contributed by atoms with van der Waals surface area (Å²) in [5, 5.41) is 6.37. The molecular formula is C14H17N5S. The SMILES string of the molecule is Cn1cc([C@@H]2CCCN2Cc2cn3ccsc3n2)cn1. The fourth-order valence-corrected chi connectivity index (χ4v) is 3.78. The van der Waals surface area contributed by atoms with Gasteiger partial charge in [-0.05, 0) is 19.4 Å². The van der Waals surface area contributed by atoms with Gasteiger partial charge in [0, 0.05) is 49.2 Å². The van der Waals surface area contributed by atoms with Gasteiger partial charge < -0.3 is 0 Å². The summed E-state index contributed by atoms with van der Waals surface area (Å²) in [6.07, 6.45) is 10.8. The van der Waals surface area contributed by atoms with Gasteiger partial charge in [0.1, 0.15) is 0 Å². The van der Waals surface area contributed by atoms with Gasteiger partial charge in [-0.2, -0.15) is 5.10 Å². The molecule has 1 aliphatic rings. The van der Waals surface area contributed by atoms with Gasteiger partial charge in [-0.3, -0.25) is 14.0 Å². The van der Waals surface area contributed by atoms with Gasteiger partial charge in [0.05, 0.1) is 11.9 Å². The van der Waals surface area contributed by atoms with Crippen LogP contribution >= 0.6 is 11.3 Å². The third-order valence-electron chi connectivity index (χ3n) is 3.98. The van der Waals surface area contributed by atoms with Crippen molar-refractivity contribution in [1.29, 1.82) is 0 Å². The predicted molar refractivity (Wildman–Crippen MR) is 78.7 cm³/mol. The second-order valence-corrected chi connectivity index (χ2v) is 6.27. The lowest BCUT2D eigenvalue weighted by atomic mass is 10.1. The number of rotatable bonds is 3. The van der Waals surface area contributed by atoms with E-state index in [1.165, 1.54) is 18.4 Å². The van der Waals surface area contributed by atoms with Crippen molar-refractivity contribution in [3.8, 4) is 0 Å². The van der Waals surface area contributed by atoms with Crippen LogP contribution in [-0.4, -0.2) is 30.6 Å². The Morgan fingerprint density at radius 3 is 3.15 bits per heavy atom. The van der Waals surface area contributed by atoms with E-state index in [9.17, 15) is 0 Å². The number of aromatic nitrogens is 4. The molecule has 0 aliphatic carbocycles. The third-order valence-corrected chi connectivity index (χ3v) is 4.75. The Bertz CT molecular complexity index is 696. The highest BCUT2D eigenvalue weighted by Crippen LogP contribution is 2.32. The molecular weight excluding hydrogens is 270 g/mol. The molecule has 4 heterocycles. The zero-order valence-corrected chi connectivity index (χ0v) is 12.3. The van der Waals surface area contributed by atoms with Crippen molar-refractivity contribution < 1.29 is 0 Å². The second-order valence-electron chi connectivity index (χ2n) is 5.40. The normalized spacial score (nSPS) is 20.1. The van der Waals surface area contributed by atoms with Gasteiger partial charge in [0.15, 0.2) is 4.96 Å². The van der Waals surface area contributed by atoms with Gasteiger partial charge >= 0.3 is 0 Å². The Balaban J connectivity index is 1.56. The van der Waals surface area contributed by atoms with E-state index in [1.807, 2.05) is 17.9 Å². The van der Waals surface area contributed by atoms with E-state index in [0.717, 1.165) is 23.7 Å². The lowest BCUT2D eigenvalue weighted by molar-refractivity contribution is 0.246. The molecule has 3 aromatic heterocycles. The number of thiazole rings is 1. The van der Waals surface area contributed by atoms with E-state index in [-0.39, 0.29) is 0 Å². The summed E-state index contributed by atoms with van der Waals surface area (Å²) in [5.74, 6) is 0. The molecule has 0 saturated carbocycles. The highest BCUT2D eigenvalue weighted by Gasteiger charge is 2.27. The first-order valence-electron chi connectivity index (χ1n) is 6.93. The molecule has 104 valence electrons. The molecule has 20 heavy (non-hydrogen) atoms. The third kappa shape index (κ3) is 2.05. The maximum absolute atomic E-state index is 4.69. The zero-order chi connectivity index (χ0) is 13.5. The largest absolute Gasteiger partial charge is 0.297 e. The lowest BCUT2D eigenvalue weighted by Gasteiger charge is -2.22. The molecule has 5 nitrogen and oxygen atoms in total. The second kappa shape index (κ2) is 4.71. The molecule has 0 unspecified atom stereocenters. The van der Waals surface area contributed by atoms with Crippen LogP contribution in [0.15, 0.2) is 30.2 Å². The Hall–Kier alpha value is -1.66. The Morgan fingerprint density at radius 2 is 2.35 bits per heavy atom. The number of nitrogens with zero attached hydrogens (tertiary/aromatic N) is 5. The number of fused-ring (bicyclic) bond motifs is 1. The maximum atomic E-state index is 4.69. The molecule has 1 fully saturated rings. The number of aryl methyl sites for hydroxylation is 1. The van der Waals surface area contributed by atoms with Crippen molar-refractivity contribution in [3.05, 3.63) is 41.4 Å². The van der Waals surface area contributed by atoms with E-state index < -0.39 is 0 Å². The van der Waals surface area contributed by atoms with Crippen molar-refractivity contribution in [2.24, 2.45) is 7.05 Å². The molecule has 1 aliphatic heterocycles. The monoisotopic (exact) mass is 287 g/mol. The standard InChI is InChI=1S/C14H17N5S/c1-17-8-11(7-15-17)13-3-2-4-18(13)9-12-10-19-5-6-20-14(19)16-12/h5-8,10,13H,2-4,9H2,1H3/t13-/m0/s1. The van der Waals surface area contributed by atoms with Crippen molar-refractivity contribution >= 4 is 16.3 Å². The van der Waals surface area contributed by atoms with Crippen molar-refractivity contribution in [2.45, 2.75) is 25.4 Å². The molecule has 0 aromatic carbocycles. The summed E-state index contributed by atoms with van der Waals surface area (Å²) < 4.78 is 3.99. The van der Waals surface area contributed by atoms with Crippen LogP contribution in [0.4, 0.5) is 0 Å². The number of imidazole rings is 1. The van der Waals surface area contributed by atoms with E-state index in [0.29, 0.717) is 6.04 Å². The summed E-state index contributed by atoms with van der Waals surface area (Å²) in [6.45, 7) is 2.07. The van der Waals surface area contributed by atoms with E-state index in [4.69, 9.17) is 0 Å². The molecule has 3 aromatic rings. The van der Waals surface area contributed by atoms with Crippen LogP contribution < -0.4 is 0 Å². The smallest absolute Gasteiger partial charge is 0.193 e. The van der Waals surface area contributed by atoms with Crippen LogP contribution in [-0.2, 0) is 13.6 Å². The first-order chi connectivity index (χ1) is 9.79. The zero-order valence-electron chi connectivity index (χ0n) is 11.4. The minimum atomic E-state index is 0.489. The molecule has 0 N–H and O–H groups in total. The average molecular weight is 287 g/mol. The van der Waals surface area contributed by atoms with Crippen LogP contribution in [0.1, 0.15) is 30.1 Å². The molecule has 0 bridgehead atoms. The van der Waals surface area contributed by atoms with Crippen molar-refractivity contribution in [1.82, 2.24) is 24.1 Å². The number of hydrogen-bond acceptors (Lipinski definition) is 4. The van der Waals surface area contributed by atoms with Crippen LogP contribution in [0.5, 0.6) is 0 Å². The van der Waals surface area contributed by atoms with Crippen molar-refractivity contribution in [2.75, 3.05) is 6.54 Å². The minimum Gasteiger partial charge on any atom is -0.297 e. The number of likely N-dealkylation sites (tertiary alicyclic amines) is 1. The summed E-state index contributed by atoms with van der Waals surface area (Å²) in [4.78, 5) is 8.29. The molecule has 0 spiro atoms.